The van der Waals surface area contributed by atoms with E-state index in [1.54, 1.807) is 24.0 Å². The Kier molecular flexibility index (Phi) is 3.21. The van der Waals surface area contributed by atoms with Gasteiger partial charge in [0.15, 0.2) is 0 Å². The lowest BCUT2D eigenvalue weighted by molar-refractivity contribution is -0.126. The zero-order valence-electron chi connectivity index (χ0n) is 14.8. The number of hydrogen-bond donors (Lipinski definition) is 0. The van der Waals surface area contributed by atoms with Gasteiger partial charge in [0.2, 0.25) is 12.0 Å². The fraction of sp³-hybridized carbons (Fsp3) is 0.200. The van der Waals surface area contributed by atoms with Crippen LogP contribution in [0.25, 0.3) is 10.8 Å². The van der Waals surface area contributed by atoms with Gasteiger partial charge in [-0.05, 0) is 18.4 Å². The van der Waals surface area contributed by atoms with E-state index in [-0.39, 0.29) is 11.8 Å². The monoisotopic (exact) mass is 360 g/mol. The molecule has 27 heavy (non-hydrogen) atoms. The number of carbonyl (C=O) groups excluding carboxylic acids is 2. The van der Waals surface area contributed by atoms with E-state index in [1.807, 2.05) is 43.3 Å². The number of benzene rings is 2. The van der Waals surface area contributed by atoms with Crippen LogP contribution in [0.4, 0.5) is 5.69 Å². The highest BCUT2D eigenvalue weighted by atomic mass is 16.6. The minimum absolute atomic E-state index is 0.319. The first kappa shape index (κ1) is 15.7. The van der Waals surface area contributed by atoms with E-state index in [0.29, 0.717) is 11.4 Å². The molecule has 2 atom stereocenters. The minimum atomic E-state index is -0.925. The van der Waals surface area contributed by atoms with E-state index >= 15 is 0 Å². The van der Waals surface area contributed by atoms with Crippen LogP contribution in [-0.4, -0.2) is 33.4 Å². The highest BCUT2D eigenvalue weighted by molar-refractivity contribution is 6.34. The van der Waals surface area contributed by atoms with Crippen molar-refractivity contribution in [2.24, 2.45) is 18.1 Å². The lowest BCUT2D eigenvalue weighted by Crippen LogP contribution is -2.33. The number of oxime groups is 1. The molecule has 7 nitrogen and oxygen atoms in total. The number of nitrogens with zero attached hydrogens (tertiary/aromatic N) is 4. The summed E-state index contributed by atoms with van der Waals surface area (Å²) in [6.07, 6.45) is 0.865. The smallest absolute Gasteiger partial charge is 0.278 e. The van der Waals surface area contributed by atoms with Crippen molar-refractivity contribution in [1.29, 1.82) is 0 Å². The summed E-state index contributed by atoms with van der Waals surface area (Å²) in [4.78, 5) is 32.9. The molecule has 0 saturated carbocycles. The summed E-state index contributed by atoms with van der Waals surface area (Å²) in [5, 5.41) is 10.2. The highest BCUT2D eigenvalue weighted by Crippen LogP contribution is 2.38. The van der Waals surface area contributed by atoms with Crippen molar-refractivity contribution in [3.05, 3.63) is 59.9 Å². The Morgan fingerprint density at radius 1 is 1.04 bits per heavy atom. The molecule has 1 fully saturated rings. The van der Waals surface area contributed by atoms with Gasteiger partial charge < -0.3 is 4.84 Å². The van der Waals surface area contributed by atoms with Crippen molar-refractivity contribution < 1.29 is 14.4 Å². The van der Waals surface area contributed by atoms with Crippen LogP contribution in [0.2, 0.25) is 0 Å². The molecule has 0 unspecified atom stereocenters. The molecule has 0 bridgehead atoms. The quantitative estimate of drug-likeness (QED) is 0.657. The van der Waals surface area contributed by atoms with Crippen molar-refractivity contribution in [2.75, 3.05) is 4.90 Å². The molecular formula is C20H16N4O3. The lowest BCUT2D eigenvalue weighted by atomic mass is 9.94. The molecule has 2 aliphatic rings. The highest BCUT2D eigenvalue weighted by Gasteiger charge is 2.56. The summed E-state index contributed by atoms with van der Waals surface area (Å²) in [6.45, 7) is 1.84. The third kappa shape index (κ3) is 2.14. The fourth-order valence-electron chi connectivity index (χ4n) is 3.89. The Hall–Kier alpha value is -3.48. The molecule has 2 aliphatic heterocycles. The van der Waals surface area contributed by atoms with Gasteiger partial charge in [-0.2, -0.15) is 5.10 Å². The van der Waals surface area contributed by atoms with Crippen LogP contribution in [0, 0.1) is 12.8 Å². The minimum Gasteiger partial charge on any atom is -0.381 e. The first-order chi connectivity index (χ1) is 13.1. The van der Waals surface area contributed by atoms with E-state index in [1.165, 1.54) is 4.90 Å². The molecule has 3 heterocycles. The zero-order valence-corrected chi connectivity index (χ0v) is 14.8. The van der Waals surface area contributed by atoms with Gasteiger partial charge in [0.05, 0.1) is 11.4 Å². The van der Waals surface area contributed by atoms with Gasteiger partial charge in [0.1, 0.15) is 11.6 Å². The van der Waals surface area contributed by atoms with Gasteiger partial charge in [0.25, 0.3) is 5.91 Å². The first-order valence-corrected chi connectivity index (χ1v) is 8.66. The Morgan fingerprint density at radius 2 is 1.81 bits per heavy atom. The molecule has 134 valence electrons. The molecule has 7 heteroatoms. The molecular weight excluding hydrogens is 344 g/mol. The summed E-state index contributed by atoms with van der Waals surface area (Å²) < 4.78 is 1.66. The van der Waals surface area contributed by atoms with E-state index < -0.39 is 12.0 Å². The molecule has 1 saturated heterocycles. The normalized spacial score (nSPS) is 21.6. The Balaban J connectivity index is 1.60. The molecule has 0 radical (unpaired) electrons. The van der Waals surface area contributed by atoms with Crippen molar-refractivity contribution in [1.82, 2.24) is 9.78 Å². The van der Waals surface area contributed by atoms with Crippen LogP contribution in [0.1, 0.15) is 11.3 Å². The van der Waals surface area contributed by atoms with Crippen molar-refractivity contribution in [3.8, 4) is 0 Å². The van der Waals surface area contributed by atoms with Crippen molar-refractivity contribution in [3.63, 3.8) is 0 Å². The number of aryl methyl sites for hydroxylation is 2. The largest absolute Gasteiger partial charge is 0.381 e. The topological polar surface area (TPSA) is 76.8 Å². The second-order valence-corrected chi connectivity index (χ2v) is 6.79. The SMILES string of the molecule is Cc1nn(C)cc1C1=NO[C@H]2C(=O)N(c3cccc4ccccc34)C(=O)[C@@H]12. The number of rotatable bonds is 2. The Labute approximate surface area is 154 Å². The van der Waals surface area contributed by atoms with Crippen LogP contribution in [0.15, 0.2) is 53.8 Å². The van der Waals surface area contributed by atoms with E-state index in [2.05, 4.69) is 10.3 Å². The second-order valence-electron chi connectivity index (χ2n) is 6.79. The van der Waals surface area contributed by atoms with Gasteiger partial charge in [-0.25, -0.2) is 4.90 Å². The van der Waals surface area contributed by atoms with Gasteiger partial charge in [-0.3, -0.25) is 14.3 Å². The predicted octanol–water partition coefficient (Wildman–Crippen LogP) is 2.17. The maximum Gasteiger partial charge on any atom is 0.278 e. The molecule has 0 spiro atoms. The van der Waals surface area contributed by atoms with E-state index in [0.717, 1.165) is 22.0 Å². The predicted molar refractivity (Wildman–Crippen MR) is 99.3 cm³/mol. The number of carbonyl (C=O) groups is 2. The zero-order chi connectivity index (χ0) is 18.7. The Bertz CT molecular complexity index is 1140. The van der Waals surface area contributed by atoms with Crippen LogP contribution in [0.3, 0.4) is 0 Å². The number of hydrogen-bond acceptors (Lipinski definition) is 5. The van der Waals surface area contributed by atoms with Crippen molar-refractivity contribution in [2.45, 2.75) is 13.0 Å². The van der Waals surface area contributed by atoms with Gasteiger partial charge >= 0.3 is 0 Å². The lowest BCUT2D eigenvalue weighted by Gasteiger charge is -2.17. The van der Waals surface area contributed by atoms with Gasteiger partial charge in [-0.1, -0.05) is 41.6 Å². The van der Waals surface area contributed by atoms with E-state index in [4.69, 9.17) is 4.84 Å². The van der Waals surface area contributed by atoms with E-state index in [9.17, 15) is 9.59 Å². The standard InChI is InChI=1S/C20H16N4O3/c1-11-14(10-23(2)21-11)17-16-18(27-22-17)20(26)24(19(16)25)15-9-5-7-12-6-3-4-8-13(12)15/h3-10,16,18H,1-2H3/t16-,18+/m0/s1. The number of fused-ring (bicyclic) bond motifs is 2. The molecule has 2 aromatic carbocycles. The van der Waals surface area contributed by atoms with Crippen LogP contribution < -0.4 is 4.90 Å². The summed E-state index contributed by atoms with van der Waals surface area (Å²) >= 11 is 0. The number of imide groups is 1. The first-order valence-electron chi connectivity index (χ1n) is 8.66. The number of aromatic nitrogens is 2. The third-order valence-corrected chi connectivity index (χ3v) is 5.11. The molecule has 5 rings (SSSR count). The maximum absolute atomic E-state index is 13.3. The molecule has 0 aliphatic carbocycles. The molecule has 2 amide bonds. The average Bonchev–Trinajstić information content (AvgIpc) is 3.30. The summed E-state index contributed by atoms with van der Waals surface area (Å²) in [5.74, 6) is -1.46. The molecule has 3 aromatic rings. The Morgan fingerprint density at radius 3 is 2.59 bits per heavy atom. The summed E-state index contributed by atoms with van der Waals surface area (Å²) in [5.41, 5.74) is 2.50. The van der Waals surface area contributed by atoms with Gasteiger partial charge in [0, 0.05) is 24.2 Å². The van der Waals surface area contributed by atoms with Crippen molar-refractivity contribution >= 4 is 34.0 Å². The molecule has 0 N–H and O–H groups in total. The third-order valence-electron chi connectivity index (χ3n) is 5.11. The number of amides is 2. The fourth-order valence-corrected chi connectivity index (χ4v) is 3.89. The van der Waals surface area contributed by atoms with Crippen LogP contribution in [-0.2, 0) is 21.5 Å². The van der Waals surface area contributed by atoms with Crippen LogP contribution >= 0.6 is 0 Å². The number of anilines is 1. The van der Waals surface area contributed by atoms with Crippen LogP contribution in [0.5, 0.6) is 0 Å². The second kappa shape index (κ2) is 5.51. The molecule has 1 aromatic heterocycles. The average molecular weight is 360 g/mol. The maximum atomic E-state index is 13.3. The summed E-state index contributed by atoms with van der Waals surface area (Å²) in [7, 11) is 1.80. The van der Waals surface area contributed by atoms with Gasteiger partial charge in [-0.15, -0.1) is 0 Å². The summed E-state index contributed by atoms with van der Waals surface area (Å²) in [6, 6.07) is 13.2.